The summed E-state index contributed by atoms with van der Waals surface area (Å²) in [6, 6.07) is 6.73. The van der Waals surface area contributed by atoms with Crippen molar-refractivity contribution in [2.24, 2.45) is 4.99 Å². The van der Waals surface area contributed by atoms with Gasteiger partial charge in [-0.25, -0.2) is 4.39 Å². The fraction of sp³-hybridized carbons (Fsp3) is 0.650. The molecule has 0 aliphatic carbocycles. The minimum atomic E-state index is -0.262. The molecule has 1 aliphatic rings. The number of rotatable bonds is 7. The van der Waals surface area contributed by atoms with E-state index in [9.17, 15) is 4.39 Å². The highest BCUT2D eigenvalue weighted by Crippen LogP contribution is 2.25. The first-order valence-corrected chi connectivity index (χ1v) is 9.32. The van der Waals surface area contributed by atoms with Gasteiger partial charge >= 0.3 is 0 Å². The molecule has 1 aromatic rings. The fourth-order valence-electron chi connectivity index (χ4n) is 3.06. The standard InChI is InChI=1S/C20H32FN3O2/c1-5-22-18(24-15-20(25-4)9-11-26-12-10-20)23-14-19(2,3)16-7-6-8-17(21)13-16/h6-8,13H,5,9-12,14-15H2,1-4H3,(H2,22,23,24). The number of guanidine groups is 1. The summed E-state index contributed by atoms with van der Waals surface area (Å²) in [5.41, 5.74) is 0.462. The molecular weight excluding hydrogens is 333 g/mol. The molecule has 0 radical (unpaired) electrons. The molecule has 1 fully saturated rings. The zero-order valence-electron chi connectivity index (χ0n) is 16.4. The van der Waals surface area contributed by atoms with Crippen LogP contribution < -0.4 is 10.6 Å². The molecule has 0 aromatic heterocycles. The van der Waals surface area contributed by atoms with Crippen LogP contribution in [0.4, 0.5) is 4.39 Å². The highest BCUT2D eigenvalue weighted by molar-refractivity contribution is 5.79. The van der Waals surface area contributed by atoms with Crippen LogP contribution in [0.3, 0.4) is 0 Å². The predicted molar refractivity (Wildman–Crippen MR) is 103 cm³/mol. The number of ether oxygens (including phenoxy) is 2. The van der Waals surface area contributed by atoms with Gasteiger partial charge in [0.15, 0.2) is 5.96 Å². The Hall–Kier alpha value is -1.66. The van der Waals surface area contributed by atoms with Gasteiger partial charge in [0.1, 0.15) is 5.82 Å². The van der Waals surface area contributed by atoms with Gasteiger partial charge in [-0.1, -0.05) is 26.0 Å². The molecule has 0 amide bonds. The number of aliphatic imine (C=N–C) groups is 1. The van der Waals surface area contributed by atoms with Crippen LogP contribution in [0.25, 0.3) is 0 Å². The van der Waals surface area contributed by atoms with Gasteiger partial charge in [0.05, 0.1) is 12.1 Å². The molecule has 146 valence electrons. The second-order valence-corrected chi connectivity index (χ2v) is 7.44. The summed E-state index contributed by atoms with van der Waals surface area (Å²) in [4.78, 5) is 4.73. The fourth-order valence-corrected chi connectivity index (χ4v) is 3.06. The molecule has 26 heavy (non-hydrogen) atoms. The Morgan fingerprint density at radius 3 is 2.65 bits per heavy atom. The smallest absolute Gasteiger partial charge is 0.191 e. The molecule has 1 heterocycles. The van der Waals surface area contributed by atoms with E-state index in [0.29, 0.717) is 13.1 Å². The zero-order chi connectivity index (χ0) is 19.0. The monoisotopic (exact) mass is 365 g/mol. The van der Waals surface area contributed by atoms with E-state index in [1.807, 2.05) is 13.0 Å². The number of nitrogens with one attached hydrogen (secondary N) is 2. The van der Waals surface area contributed by atoms with E-state index in [0.717, 1.165) is 44.1 Å². The van der Waals surface area contributed by atoms with Crippen molar-refractivity contribution < 1.29 is 13.9 Å². The average Bonchev–Trinajstić information content (AvgIpc) is 2.65. The molecular formula is C20H32FN3O2. The van der Waals surface area contributed by atoms with Crippen molar-refractivity contribution in [3.63, 3.8) is 0 Å². The molecule has 5 nitrogen and oxygen atoms in total. The van der Waals surface area contributed by atoms with Gasteiger partial charge in [0.25, 0.3) is 0 Å². The Kier molecular flexibility index (Phi) is 7.41. The maximum Gasteiger partial charge on any atom is 0.191 e. The predicted octanol–water partition coefficient (Wildman–Crippen LogP) is 2.85. The minimum absolute atomic E-state index is 0.216. The Bertz CT molecular complexity index is 598. The van der Waals surface area contributed by atoms with Crippen molar-refractivity contribution in [1.29, 1.82) is 0 Å². The lowest BCUT2D eigenvalue weighted by atomic mass is 9.85. The summed E-state index contributed by atoms with van der Waals surface area (Å²) in [6.07, 6.45) is 1.73. The third-order valence-corrected chi connectivity index (χ3v) is 5.00. The van der Waals surface area contributed by atoms with E-state index in [-0.39, 0.29) is 16.8 Å². The van der Waals surface area contributed by atoms with Gasteiger partial charge in [-0.2, -0.15) is 0 Å². The second-order valence-electron chi connectivity index (χ2n) is 7.44. The lowest BCUT2D eigenvalue weighted by Crippen LogP contribution is -2.51. The summed E-state index contributed by atoms with van der Waals surface area (Å²) >= 11 is 0. The maximum absolute atomic E-state index is 13.5. The van der Waals surface area contributed by atoms with E-state index >= 15 is 0 Å². The molecule has 0 bridgehead atoms. The van der Waals surface area contributed by atoms with Crippen molar-refractivity contribution in [2.75, 3.05) is 40.0 Å². The van der Waals surface area contributed by atoms with Crippen molar-refractivity contribution >= 4 is 5.96 Å². The van der Waals surface area contributed by atoms with Crippen LogP contribution >= 0.6 is 0 Å². The Morgan fingerprint density at radius 1 is 1.31 bits per heavy atom. The number of halogens is 1. The number of nitrogens with zero attached hydrogens (tertiary/aromatic N) is 1. The van der Waals surface area contributed by atoms with Crippen LogP contribution in [0.2, 0.25) is 0 Å². The second kappa shape index (κ2) is 9.33. The highest BCUT2D eigenvalue weighted by atomic mass is 19.1. The molecule has 1 aromatic carbocycles. The van der Waals surface area contributed by atoms with Crippen molar-refractivity contribution in [3.8, 4) is 0 Å². The highest BCUT2D eigenvalue weighted by Gasteiger charge is 2.32. The summed E-state index contributed by atoms with van der Waals surface area (Å²) < 4.78 is 24.8. The molecule has 0 spiro atoms. The molecule has 0 atom stereocenters. The van der Waals surface area contributed by atoms with E-state index in [1.165, 1.54) is 6.07 Å². The van der Waals surface area contributed by atoms with Gasteiger partial charge in [-0.05, 0) is 24.6 Å². The summed E-state index contributed by atoms with van der Waals surface area (Å²) in [5, 5.41) is 6.68. The first kappa shape index (κ1) is 20.6. The topological polar surface area (TPSA) is 54.9 Å². The lowest BCUT2D eigenvalue weighted by Gasteiger charge is -2.36. The number of benzene rings is 1. The molecule has 1 aliphatic heterocycles. The Balaban J connectivity index is 2.03. The minimum Gasteiger partial charge on any atom is -0.381 e. The van der Waals surface area contributed by atoms with Gasteiger partial charge in [0, 0.05) is 51.7 Å². The van der Waals surface area contributed by atoms with Crippen LogP contribution in [-0.4, -0.2) is 51.5 Å². The molecule has 0 saturated carbocycles. The van der Waals surface area contributed by atoms with Gasteiger partial charge in [-0.3, -0.25) is 4.99 Å². The first-order chi connectivity index (χ1) is 12.4. The van der Waals surface area contributed by atoms with Crippen molar-refractivity contribution in [3.05, 3.63) is 35.6 Å². The van der Waals surface area contributed by atoms with Crippen LogP contribution in [-0.2, 0) is 14.9 Å². The molecule has 2 N–H and O–H groups in total. The first-order valence-electron chi connectivity index (χ1n) is 9.32. The molecule has 0 unspecified atom stereocenters. The summed E-state index contributed by atoms with van der Waals surface area (Å²) in [5.74, 6) is 0.533. The van der Waals surface area contributed by atoms with Crippen LogP contribution in [0.5, 0.6) is 0 Å². The quantitative estimate of drug-likeness (QED) is 0.576. The number of hydrogen-bond donors (Lipinski definition) is 2. The average molecular weight is 365 g/mol. The SMILES string of the molecule is CCNC(=NCC(C)(C)c1cccc(F)c1)NCC1(OC)CCOCC1. The third-order valence-electron chi connectivity index (χ3n) is 5.00. The molecule has 1 saturated heterocycles. The summed E-state index contributed by atoms with van der Waals surface area (Å²) in [6.45, 7) is 9.62. The van der Waals surface area contributed by atoms with Gasteiger partial charge in [-0.15, -0.1) is 0 Å². The van der Waals surface area contributed by atoms with Crippen LogP contribution in [0, 0.1) is 5.82 Å². The molecule has 2 rings (SSSR count). The van der Waals surface area contributed by atoms with Crippen molar-refractivity contribution in [2.45, 2.75) is 44.6 Å². The maximum atomic E-state index is 13.5. The van der Waals surface area contributed by atoms with Gasteiger partial charge in [0.2, 0.25) is 0 Å². The number of hydrogen-bond acceptors (Lipinski definition) is 3. The van der Waals surface area contributed by atoms with E-state index in [1.54, 1.807) is 19.2 Å². The molecule has 6 heteroatoms. The third kappa shape index (κ3) is 5.68. The van der Waals surface area contributed by atoms with Gasteiger partial charge < -0.3 is 20.1 Å². The van der Waals surface area contributed by atoms with E-state index in [2.05, 4.69) is 24.5 Å². The van der Waals surface area contributed by atoms with Crippen LogP contribution in [0.1, 0.15) is 39.2 Å². The van der Waals surface area contributed by atoms with E-state index in [4.69, 9.17) is 14.5 Å². The Morgan fingerprint density at radius 2 is 2.04 bits per heavy atom. The lowest BCUT2D eigenvalue weighted by molar-refractivity contribution is -0.0855. The number of methoxy groups -OCH3 is 1. The summed E-state index contributed by atoms with van der Waals surface area (Å²) in [7, 11) is 1.75. The van der Waals surface area contributed by atoms with Crippen molar-refractivity contribution in [1.82, 2.24) is 10.6 Å². The van der Waals surface area contributed by atoms with Crippen LogP contribution in [0.15, 0.2) is 29.3 Å². The van der Waals surface area contributed by atoms with E-state index < -0.39 is 0 Å². The zero-order valence-corrected chi connectivity index (χ0v) is 16.4. The largest absolute Gasteiger partial charge is 0.381 e. The Labute approximate surface area is 156 Å². The normalized spacial score (nSPS) is 17.8.